The summed E-state index contributed by atoms with van der Waals surface area (Å²) in [6, 6.07) is 9.81. The summed E-state index contributed by atoms with van der Waals surface area (Å²) in [4.78, 5) is 22.8. The van der Waals surface area contributed by atoms with Gasteiger partial charge < -0.3 is 0 Å². The third-order valence-corrected chi connectivity index (χ3v) is 5.53. The van der Waals surface area contributed by atoms with Crippen molar-refractivity contribution in [1.82, 2.24) is 14.5 Å². The second-order valence-corrected chi connectivity index (χ2v) is 7.13. The first-order valence-corrected chi connectivity index (χ1v) is 8.91. The molecule has 4 aromatic rings. The predicted molar refractivity (Wildman–Crippen MR) is 95.3 cm³/mol. The highest BCUT2D eigenvalue weighted by atomic mass is 32.1. The third-order valence-electron chi connectivity index (χ3n) is 3.60. The Morgan fingerprint density at radius 1 is 1.22 bits per heavy atom. The molecule has 6 heteroatoms. The van der Waals surface area contributed by atoms with Gasteiger partial charge in [0.25, 0.3) is 5.56 Å². The number of hydrogen-bond acceptors (Lipinski definition) is 5. The Morgan fingerprint density at radius 2 is 2.13 bits per heavy atom. The average Bonchev–Trinajstić information content (AvgIpc) is 3.22. The molecule has 0 saturated heterocycles. The summed E-state index contributed by atoms with van der Waals surface area (Å²) < 4.78 is 1.62. The molecule has 4 rings (SSSR count). The number of nitrogens with zero attached hydrogens (tertiary/aromatic N) is 3. The third kappa shape index (κ3) is 2.71. The van der Waals surface area contributed by atoms with E-state index in [1.807, 2.05) is 41.9 Å². The molecule has 0 radical (unpaired) electrons. The maximum Gasteiger partial charge on any atom is 0.261 e. The van der Waals surface area contributed by atoms with E-state index in [0.717, 1.165) is 26.7 Å². The molecule has 0 aliphatic heterocycles. The lowest BCUT2D eigenvalue weighted by molar-refractivity contribution is 0.734. The topological polar surface area (TPSA) is 47.8 Å². The van der Waals surface area contributed by atoms with E-state index in [-0.39, 0.29) is 5.56 Å². The van der Waals surface area contributed by atoms with Gasteiger partial charge >= 0.3 is 0 Å². The molecule has 3 aromatic heterocycles. The predicted octanol–water partition coefficient (Wildman–Crippen LogP) is 3.94. The molecule has 0 spiro atoms. The molecule has 0 unspecified atom stereocenters. The summed E-state index contributed by atoms with van der Waals surface area (Å²) in [6.45, 7) is 2.42. The summed E-state index contributed by atoms with van der Waals surface area (Å²) in [6.07, 6.45) is 1.60. The number of thiophene rings is 1. The van der Waals surface area contributed by atoms with Gasteiger partial charge in [-0.1, -0.05) is 17.7 Å². The number of thiazole rings is 1. The molecule has 0 aliphatic rings. The van der Waals surface area contributed by atoms with Crippen LogP contribution in [0.5, 0.6) is 0 Å². The van der Waals surface area contributed by atoms with E-state index in [0.29, 0.717) is 11.9 Å². The number of hydrogen-bond donors (Lipinski definition) is 0. The monoisotopic (exact) mass is 339 g/mol. The van der Waals surface area contributed by atoms with Crippen molar-refractivity contribution in [3.05, 3.63) is 69.0 Å². The van der Waals surface area contributed by atoms with Crippen molar-refractivity contribution in [2.75, 3.05) is 0 Å². The maximum atomic E-state index is 12.6. The van der Waals surface area contributed by atoms with Crippen LogP contribution in [0.3, 0.4) is 0 Å². The fraction of sp³-hybridized carbons (Fsp3) is 0.118. The molecule has 114 valence electrons. The van der Waals surface area contributed by atoms with E-state index < -0.39 is 0 Å². The highest BCUT2D eigenvalue weighted by Gasteiger charge is 2.09. The zero-order valence-corrected chi connectivity index (χ0v) is 14.0. The van der Waals surface area contributed by atoms with Gasteiger partial charge in [-0.15, -0.1) is 22.7 Å². The normalized spacial score (nSPS) is 11.2. The van der Waals surface area contributed by atoms with Crippen molar-refractivity contribution < 1.29 is 0 Å². The van der Waals surface area contributed by atoms with Gasteiger partial charge in [0.15, 0.2) is 0 Å². The number of fused-ring (bicyclic) bond motifs is 1. The van der Waals surface area contributed by atoms with E-state index in [1.54, 1.807) is 33.6 Å². The van der Waals surface area contributed by atoms with Gasteiger partial charge in [-0.25, -0.2) is 9.97 Å². The first-order chi connectivity index (χ1) is 11.2. The van der Waals surface area contributed by atoms with Crippen LogP contribution in [0.15, 0.2) is 52.2 Å². The second-order valence-electron chi connectivity index (χ2n) is 5.32. The molecule has 0 atom stereocenters. The van der Waals surface area contributed by atoms with Gasteiger partial charge in [0.05, 0.1) is 34.3 Å². The molecular formula is C17H13N3OS2. The first kappa shape index (κ1) is 14.3. The Bertz CT molecular complexity index is 1030. The van der Waals surface area contributed by atoms with Crippen molar-refractivity contribution in [2.24, 2.45) is 0 Å². The summed E-state index contributed by atoms with van der Waals surface area (Å²) >= 11 is 3.27. The number of rotatable bonds is 3. The van der Waals surface area contributed by atoms with E-state index in [2.05, 4.69) is 16.0 Å². The van der Waals surface area contributed by atoms with Crippen molar-refractivity contribution in [2.45, 2.75) is 13.5 Å². The first-order valence-electron chi connectivity index (χ1n) is 7.15. The van der Waals surface area contributed by atoms with Crippen LogP contribution < -0.4 is 5.56 Å². The fourth-order valence-electron chi connectivity index (χ4n) is 2.45. The molecule has 0 N–H and O–H groups in total. The minimum Gasteiger partial charge on any atom is -0.293 e. The van der Waals surface area contributed by atoms with Crippen LogP contribution in [-0.4, -0.2) is 14.5 Å². The molecule has 0 saturated carbocycles. The summed E-state index contributed by atoms with van der Waals surface area (Å²) in [5, 5.41) is 5.69. The van der Waals surface area contributed by atoms with E-state index >= 15 is 0 Å². The highest BCUT2D eigenvalue weighted by Crippen LogP contribution is 2.27. The standard InChI is InChI=1S/C17H13N3OS2/c1-11-4-5-14-13(7-11)17(21)20(10-18-14)8-12-9-23-16(19-12)15-3-2-6-22-15/h2-7,9-10H,8H2,1H3. The lowest BCUT2D eigenvalue weighted by Gasteiger charge is -2.05. The molecule has 23 heavy (non-hydrogen) atoms. The van der Waals surface area contributed by atoms with Crippen LogP contribution in [0.2, 0.25) is 0 Å². The van der Waals surface area contributed by atoms with E-state index in [1.165, 1.54) is 0 Å². The fourth-order valence-corrected chi connectivity index (χ4v) is 4.08. The molecule has 0 bridgehead atoms. The van der Waals surface area contributed by atoms with Gasteiger partial charge in [-0.05, 0) is 30.5 Å². The van der Waals surface area contributed by atoms with Crippen LogP contribution in [-0.2, 0) is 6.54 Å². The van der Waals surface area contributed by atoms with Gasteiger partial charge in [0.1, 0.15) is 5.01 Å². The SMILES string of the molecule is Cc1ccc2ncn(Cc3csc(-c4cccs4)n3)c(=O)c2c1. The zero-order chi connectivity index (χ0) is 15.8. The smallest absolute Gasteiger partial charge is 0.261 e. The van der Waals surface area contributed by atoms with Crippen molar-refractivity contribution in [3.8, 4) is 9.88 Å². The molecular weight excluding hydrogens is 326 g/mol. The Labute approximate surface area is 140 Å². The Hall–Kier alpha value is -2.31. The molecule has 0 amide bonds. The van der Waals surface area contributed by atoms with Crippen LogP contribution in [0.25, 0.3) is 20.8 Å². The lowest BCUT2D eigenvalue weighted by Crippen LogP contribution is -2.21. The second kappa shape index (κ2) is 5.72. The minimum atomic E-state index is -0.0237. The van der Waals surface area contributed by atoms with E-state index in [9.17, 15) is 4.79 Å². The quantitative estimate of drug-likeness (QED) is 0.568. The van der Waals surface area contributed by atoms with Crippen LogP contribution in [0.1, 0.15) is 11.3 Å². The highest BCUT2D eigenvalue weighted by molar-refractivity contribution is 7.20. The Morgan fingerprint density at radius 3 is 2.96 bits per heavy atom. The summed E-state index contributed by atoms with van der Waals surface area (Å²) in [5.41, 5.74) is 2.65. The van der Waals surface area contributed by atoms with Crippen LogP contribution in [0.4, 0.5) is 0 Å². The van der Waals surface area contributed by atoms with Crippen molar-refractivity contribution >= 4 is 33.6 Å². The molecule has 0 aliphatic carbocycles. The van der Waals surface area contributed by atoms with Gasteiger partial charge in [0, 0.05) is 5.38 Å². The number of aromatic nitrogens is 3. The van der Waals surface area contributed by atoms with E-state index in [4.69, 9.17) is 0 Å². The molecule has 3 heterocycles. The lowest BCUT2D eigenvalue weighted by atomic mass is 10.2. The number of benzene rings is 1. The van der Waals surface area contributed by atoms with Crippen molar-refractivity contribution in [3.63, 3.8) is 0 Å². The minimum absolute atomic E-state index is 0.0237. The molecule has 0 fully saturated rings. The molecule has 1 aromatic carbocycles. The average molecular weight is 339 g/mol. The van der Waals surface area contributed by atoms with Gasteiger partial charge in [-0.3, -0.25) is 9.36 Å². The maximum absolute atomic E-state index is 12.6. The Kier molecular flexibility index (Phi) is 3.55. The number of aryl methyl sites for hydroxylation is 1. The summed E-state index contributed by atoms with van der Waals surface area (Å²) in [7, 11) is 0. The molecule has 4 nitrogen and oxygen atoms in total. The van der Waals surface area contributed by atoms with Gasteiger partial charge in [-0.2, -0.15) is 0 Å². The van der Waals surface area contributed by atoms with Gasteiger partial charge in [0.2, 0.25) is 0 Å². The van der Waals surface area contributed by atoms with Crippen molar-refractivity contribution in [1.29, 1.82) is 0 Å². The van der Waals surface area contributed by atoms with Crippen LogP contribution in [0, 0.1) is 6.92 Å². The Balaban J connectivity index is 1.70. The largest absolute Gasteiger partial charge is 0.293 e. The van der Waals surface area contributed by atoms with Crippen LogP contribution >= 0.6 is 22.7 Å². The zero-order valence-electron chi connectivity index (χ0n) is 12.4. The summed E-state index contributed by atoms with van der Waals surface area (Å²) in [5.74, 6) is 0.